The van der Waals surface area contributed by atoms with E-state index in [1.807, 2.05) is 47.9 Å². The number of halogens is 1. The molecule has 0 unspecified atom stereocenters. The molecule has 0 saturated heterocycles. The molecule has 0 aliphatic rings. The number of hydrogen-bond acceptors (Lipinski definition) is 7. The number of rotatable bonds is 10. The van der Waals surface area contributed by atoms with E-state index >= 15 is 0 Å². The highest BCUT2D eigenvalue weighted by Gasteiger charge is 2.19. The SMILES string of the molecule is COc1cc(NC(=O)c2ccccc2)c(C)cc1NC(=O)CSc1nnc(-c2cccc(Cl)c2)n1Cc1ccco1. The number of methoxy groups -OCH3 is 1. The molecule has 2 aromatic heterocycles. The van der Waals surface area contributed by atoms with Gasteiger partial charge in [-0.3, -0.25) is 14.2 Å². The number of aryl methyl sites for hydroxylation is 1. The van der Waals surface area contributed by atoms with Gasteiger partial charge in [-0.05, 0) is 55.0 Å². The van der Waals surface area contributed by atoms with Crippen molar-refractivity contribution in [2.24, 2.45) is 0 Å². The second kappa shape index (κ2) is 12.8. The second-order valence-corrected chi connectivity index (χ2v) is 10.4. The molecule has 0 fully saturated rings. The number of nitrogens with one attached hydrogen (secondary N) is 2. The summed E-state index contributed by atoms with van der Waals surface area (Å²) in [6.07, 6.45) is 1.60. The molecule has 0 spiro atoms. The van der Waals surface area contributed by atoms with Gasteiger partial charge < -0.3 is 19.8 Å². The number of aromatic nitrogens is 3. The number of carbonyl (C=O) groups is 2. The number of carbonyl (C=O) groups excluding carboxylic acids is 2. The van der Waals surface area contributed by atoms with Crippen LogP contribution in [-0.4, -0.2) is 39.4 Å². The first kappa shape index (κ1) is 28.0. The molecule has 11 heteroatoms. The topological polar surface area (TPSA) is 111 Å². The molecule has 0 aliphatic heterocycles. The molecule has 0 saturated carbocycles. The van der Waals surface area contributed by atoms with Gasteiger partial charge in [0.15, 0.2) is 11.0 Å². The minimum absolute atomic E-state index is 0.0700. The predicted molar refractivity (Wildman–Crippen MR) is 160 cm³/mol. The maximum Gasteiger partial charge on any atom is 0.255 e. The zero-order valence-electron chi connectivity index (χ0n) is 22.3. The fourth-order valence-electron chi connectivity index (χ4n) is 4.13. The largest absolute Gasteiger partial charge is 0.494 e. The maximum absolute atomic E-state index is 13.0. The normalized spacial score (nSPS) is 10.8. The summed E-state index contributed by atoms with van der Waals surface area (Å²) in [6.45, 7) is 2.23. The Kier molecular flexibility index (Phi) is 8.71. The van der Waals surface area contributed by atoms with Crippen LogP contribution >= 0.6 is 23.4 Å². The minimum Gasteiger partial charge on any atom is -0.494 e. The molecule has 41 heavy (non-hydrogen) atoms. The zero-order chi connectivity index (χ0) is 28.8. The van der Waals surface area contributed by atoms with E-state index in [9.17, 15) is 9.59 Å². The van der Waals surface area contributed by atoms with Gasteiger partial charge >= 0.3 is 0 Å². The number of furan rings is 1. The first-order valence-electron chi connectivity index (χ1n) is 12.6. The molecule has 208 valence electrons. The Labute approximate surface area is 245 Å². The number of ether oxygens (including phenoxy) is 1. The lowest BCUT2D eigenvalue weighted by Gasteiger charge is -2.15. The molecule has 9 nitrogen and oxygen atoms in total. The van der Waals surface area contributed by atoms with Crippen LogP contribution in [0.1, 0.15) is 21.7 Å². The highest BCUT2D eigenvalue weighted by molar-refractivity contribution is 7.99. The minimum atomic E-state index is -0.259. The zero-order valence-corrected chi connectivity index (χ0v) is 23.8. The molecule has 2 N–H and O–H groups in total. The standard InChI is InChI=1S/C30H26ClN5O4S/c1-19-14-25(26(39-2)16-24(19)33-29(38)20-8-4-3-5-9-20)32-27(37)18-41-30-35-34-28(21-10-6-11-22(31)15-21)36(30)17-23-12-7-13-40-23/h3-16H,17-18H2,1-2H3,(H,32,37)(H,33,38). The summed E-state index contributed by atoms with van der Waals surface area (Å²) >= 11 is 7.46. The number of amides is 2. The van der Waals surface area contributed by atoms with E-state index in [1.165, 1.54) is 18.9 Å². The van der Waals surface area contributed by atoms with Crippen molar-refractivity contribution in [3.63, 3.8) is 0 Å². The molecule has 0 radical (unpaired) electrons. The average Bonchev–Trinajstić information content (AvgIpc) is 3.64. The quantitative estimate of drug-likeness (QED) is 0.178. The molecule has 5 aromatic rings. The highest BCUT2D eigenvalue weighted by Crippen LogP contribution is 2.32. The third-order valence-electron chi connectivity index (χ3n) is 6.13. The molecule has 2 amide bonds. The van der Waals surface area contributed by atoms with Gasteiger partial charge in [0.2, 0.25) is 5.91 Å². The summed E-state index contributed by atoms with van der Waals surface area (Å²) in [6, 6.07) is 23.4. The number of hydrogen-bond donors (Lipinski definition) is 2. The monoisotopic (exact) mass is 587 g/mol. The van der Waals surface area contributed by atoms with Gasteiger partial charge in [0.25, 0.3) is 5.91 Å². The van der Waals surface area contributed by atoms with Gasteiger partial charge in [0.05, 0.1) is 31.4 Å². The second-order valence-electron chi connectivity index (χ2n) is 9.01. The molecule has 3 aromatic carbocycles. The number of thioether (sulfide) groups is 1. The van der Waals surface area contributed by atoms with Crippen LogP contribution in [-0.2, 0) is 11.3 Å². The van der Waals surface area contributed by atoms with E-state index in [-0.39, 0.29) is 17.6 Å². The van der Waals surface area contributed by atoms with Crippen molar-refractivity contribution in [3.05, 3.63) is 107 Å². The number of nitrogens with zero attached hydrogens (tertiary/aromatic N) is 3. The Bertz CT molecular complexity index is 1670. The van der Waals surface area contributed by atoms with E-state index < -0.39 is 0 Å². The summed E-state index contributed by atoms with van der Waals surface area (Å²) in [5.41, 5.74) is 3.18. The van der Waals surface area contributed by atoms with Crippen molar-refractivity contribution in [2.45, 2.75) is 18.6 Å². The van der Waals surface area contributed by atoms with Crippen LogP contribution in [0.25, 0.3) is 11.4 Å². The molecule has 0 atom stereocenters. The van der Waals surface area contributed by atoms with E-state index in [1.54, 1.807) is 48.7 Å². The Morgan fingerprint density at radius 2 is 1.80 bits per heavy atom. The Balaban J connectivity index is 1.30. The van der Waals surface area contributed by atoms with Crippen LogP contribution in [0.15, 0.2) is 94.7 Å². The first-order valence-corrected chi connectivity index (χ1v) is 14.0. The average molecular weight is 588 g/mol. The molecule has 2 heterocycles. The summed E-state index contributed by atoms with van der Waals surface area (Å²) in [5, 5.41) is 15.6. The van der Waals surface area contributed by atoms with Crippen LogP contribution < -0.4 is 15.4 Å². The van der Waals surface area contributed by atoms with Gasteiger partial charge in [0.1, 0.15) is 11.5 Å². The van der Waals surface area contributed by atoms with Gasteiger partial charge in [-0.15, -0.1) is 10.2 Å². The van der Waals surface area contributed by atoms with E-state index in [4.69, 9.17) is 20.8 Å². The summed E-state index contributed by atoms with van der Waals surface area (Å²) in [4.78, 5) is 25.6. The Morgan fingerprint density at radius 1 is 0.976 bits per heavy atom. The van der Waals surface area contributed by atoms with Crippen molar-refractivity contribution in [3.8, 4) is 17.1 Å². The Morgan fingerprint density at radius 3 is 2.54 bits per heavy atom. The van der Waals surface area contributed by atoms with Gasteiger partial charge in [-0.25, -0.2) is 0 Å². The van der Waals surface area contributed by atoms with E-state index in [0.29, 0.717) is 45.2 Å². The summed E-state index contributed by atoms with van der Waals surface area (Å²) in [7, 11) is 1.51. The fourth-order valence-corrected chi connectivity index (χ4v) is 5.06. The molecule has 0 bridgehead atoms. The van der Waals surface area contributed by atoms with Crippen LogP contribution in [0.2, 0.25) is 5.02 Å². The first-order chi connectivity index (χ1) is 19.9. The van der Waals surface area contributed by atoms with Gasteiger partial charge in [-0.1, -0.05) is 53.7 Å². The lowest BCUT2D eigenvalue weighted by atomic mass is 10.1. The third-order valence-corrected chi connectivity index (χ3v) is 7.33. The summed E-state index contributed by atoms with van der Waals surface area (Å²) in [5.74, 6) is 1.32. The predicted octanol–water partition coefficient (Wildman–Crippen LogP) is 6.54. The van der Waals surface area contributed by atoms with Crippen molar-refractivity contribution < 1.29 is 18.7 Å². The van der Waals surface area contributed by atoms with E-state index in [2.05, 4.69) is 20.8 Å². The molecule has 0 aliphatic carbocycles. The van der Waals surface area contributed by atoms with Crippen molar-refractivity contribution in [1.82, 2.24) is 14.8 Å². The molecule has 5 rings (SSSR count). The number of anilines is 2. The maximum atomic E-state index is 13.0. The number of benzene rings is 3. The van der Waals surface area contributed by atoms with Crippen molar-refractivity contribution >= 4 is 46.6 Å². The lowest BCUT2D eigenvalue weighted by molar-refractivity contribution is -0.113. The van der Waals surface area contributed by atoms with Crippen LogP contribution in [0.5, 0.6) is 5.75 Å². The lowest BCUT2D eigenvalue weighted by Crippen LogP contribution is -2.17. The van der Waals surface area contributed by atoms with Crippen molar-refractivity contribution in [1.29, 1.82) is 0 Å². The van der Waals surface area contributed by atoms with Crippen LogP contribution in [0.4, 0.5) is 11.4 Å². The molecular weight excluding hydrogens is 562 g/mol. The Hall–Kier alpha value is -4.54. The highest BCUT2D eigenvalue weighted by atomic mass is 35.5. The van der Waals surface area contributed by atoms with Gasteiger partial charge in [0, 0.05) is 27.9 Å². The fraction of sp³-hybridized carbons (Fsp3) is 0.133. The van der Waals surface area contributed by atoms with Crippen LogP contribution in [0.3, 0.4) is 0 Å². The van der Waals surface area contributed by atoms with Crippen LogP contribution in [0, 0.1) is 6.92 Å². The summed E-state index contributed by atoms with van der Waals surface area (Å²) < 4.78 is 12.9. The van der Waals surface area contributed by atoms with Gasteiger partial charge in [-0.2, -0.15) is 0 Å². The smallest absolute Gasteiger partial charge is 0.255 e. The third kappa shape index (κ3) is 6.79. The van der Waals surface area contributed by atoms with E-state index in [0.717, 1.165) is 16.9 Å². The van der Waals surface area contributed by atoms with Crippen molar-refractivity contribution in [2.75, 3.05) is 23.5 Å². The molecular formula is C30H26ClN5O4S.